The van der Waals surface area contributed by atoms with E-state index in [1.165, 1.54) is 12.1 Å². The van der Waals surface area contributed by atoms with Gasteiger partial charge in [0.15, 0.2) is 0 Å². The summed E-state index contributed by atoms with van der Waals surface area (Å²) in [5.74, 6) is -1.46. The number of phenolic OH excluding ortho intramolecular Hbond substituents is 1. The van der Waals surface area contributed by atoms with Gasteiger partial charge in [0.1, 0.15) is 5.75 Å². The molecule has 4 N–H and O–H groups in total. The molecule has 0 spiro atoms. The van der Waals surface area contributed by atoms with Gasteiger partial charge in [-0.15, -0.1) is 0 Å². The van der Waals surface area contributed by atoms with Gasteiger partial charge >= 0.3 is 12.0 Å². The number of phenols is 1. The normalized spacial score (nSPS) is 11.7. The molecule has 0 heterocycles. The first-order chi connectivity index (χ1) is 9.47. The monoisotopic (exact) mass is 282 g/mol. The van der Waals surface area contributed by atoms with Gasteiger partial charge in [-0.1, -0.05) is 6.92 Å². The lowest BCUT2D eigenvalue weighted by Gasteiger charge is -2.16. The molecule has 0 saturated heterocycles. The maximum absolute atomic E-state index is 11.7. The number of hydrogen-bond donors (Lipinski definition) is 4. The van der Waals surface area contributed by atoms with E-state index < -0.39 is 12.0 Å². The third kappa shape index (κ3) is 4.43. The van der Waals surface area contributed by atoms with Crippen molar-refractivity contribution in [3.05, 3.63) is 23.8 Å². The summed E-state index contributed by atoms with van der Waals surface area (Å²) in [7, 11) is 1.54. The van der Waals surface area contributed by atoms with E-state index in [9.17, 15) is 14.7 Å². The average Bonchev–Trinajstić information content (AvgIpc) is 2.40. The standard InChI is InChI=1S/C13H18N2O5/c1-3-9(7-20-2)14-13(19)15-10-5-4-8(12(17)18)6-11(10)16/h4-6,9,16H,3,7H2,1-2H3,(H,17,18)(H2,14,15,19). The minimum atomic E-state index is -1.15. The molecule has 110 valence electrons. The number of ether oxygens (including phenoxy) is 1. The molecular weight excluding hydrogens is 264 g/mol. The molecule has 0 aliphatic carbocycles. The number of carbonyl (C=O) groups excluding carboxylic acids is 1. The zero-order chi connectivity index (χ0) is 15.1. The summed E-state index contributed by atoms with van der Waals surface area (Å²) in [6.07, 6.45) is 0.700. The molecule has 1 atom stereocenters. The van der Waals surface area contributed by atoms with E-state index in [2.05, 4.69) is 10.6 Å². The van der Waals surface area contributed by atoms with Crippen LogP contribution in [-0.2, 0) is 4.74 Å². The summed E-state index contributed by atoms with van der Waals surface area (Å²) in [6, 6.07) is 3.07. The van der Waals surface area contributed by atoms with Crippen molar-refractivity contribution in [3.8, 4) is 5.75 Å². The first-order valence-electron chi connectivity index (χ1n) is 6.10. The van der Waals surface area contributed by atoms with Gasteiger partial charge in [0.2, 0.25) is 0 Å². The van der Waals surface area contributed by atoms with Crippen LogP contribution in [0.5, 0.6) is 5.75 Å². The number of amides is 2. The van der Waals surface area contributed by atoms with Crippen LogP contribution in [0.3, 0.4) is 0 Å². The summed E-state index contributed by atoms with van der Waals surface area (Å²) in [5.41, 5.74) is 0.0824. The van der Waals surface area contributed by atoms with Crippen molar-refractivity contribution in [3.63, 3.8) is 0 Å². The second-order valence-corrected chi connectivity index (χ2v) is 4.20. The topological polar surface area (TPSA) is 108 Å². The number of anilines is 1. The fraction of sp³-hybridized carbons (Fsp3) is 0.385. The second kappa shape index (κ2) is 7.34. The van der Waals surface area contributed by atoms with Crippen molar-refractivity contribution in [1.29, 1.82) is 0 Å². The van der Waals surface area contributed by atoms with Crippen molar-refractivity contribution in [2.75, 3.05) is 19.0 Å². The number of benzene rings is 1. The molecule has 0 aromatic heterocycles. The number of aromatic carboxylic acids is 1. The van der Waals surface area contributed by atoms with Crippen molar-refractivity contribution >= 4 is 17.7 Å². The summed E-state index contributed by atoms with van der Waals surface area (Å²) in [6.45, 7) is 2.29. The van der Waals surface area contributed by atoms with Gasteiger partial charge in [-0.25, -0.2) is 9.59 Å². The number of hydrogen-bond acceptors (Lipinski definition) is 4. The quantitative estimate of drug-likeness (QED) is 0.593. The molecule has 0 aliphatic heterocycles. The van der Waals surface area contributed by atoms with Crippen LogP contribution in [0.1, 0.15) is 23.7 Å². The SMILES string of the molecule is CCC(COC)NC(=O)Nc1ccc(C(=O)O)cc1O. The number of carboxylic acids is 1. The van der Waals surface area contributed by atoms with Crippen molar-refractivity contribution in [1.82, 2.24) is 5.32 Å². The van der Waals surface area contributed by atoms with E-state index in [4.69, 9.17) is 9.84 Å². The Kier molecular flexibility index (Phi) is 5.79. The van der Waals surface area contributed by atoms with Crippen molar-refractivity contribution in [2.45, 2.75) is 19.4 Å². The number of aromatic hydroxyl groups is 1. The molecule has 0 radical (unpaired) electrons. The van der Waals surface area contributed by atoms with Gasteiger partial charge in [-0.2, -0.15) is 0 Å². The van der Waals surface area contributed by atoms with Crippen LogP contribution in [0.15, 0.2) is 18.2 Å². The molecule has 1 aromatic rings. The molecule has 2 amide bonds. The first kappa shape index (κ1) is 15.8. The predicted molar refractivity (Wildman–Crippen MR) is 73.2 cm³/mol. The summed E-state index contributed by atoms with van der Waals surface area (Å²) in [5, 5.41) is 23.5. The number of nitrogens with one attached hydrogen (secondary N) is 2. The number of carbonyl (C=O) groups is 2. The van der Waals surface area contributed by atoms with Gasteiger partial charge in [-0.05, 0) is 24.6 Å². The molecule has 0 saturated carbocycles. The molecule has 1 aromatic carbocycles. The van der Waals surface area contributed by atoms with Gasteiger partial charge in [-0.3, -0.25) is 0 Å². The Morgan fingerprint density at radius 1 is 1.40 bits per heavy atom. The predicted octanol–water partition coefficient (Wildman–Crippen LogP) is 1.64. The van der Waals surface area contributed by atoms with Crippen LogP contribution in [0.4, 0.5) is 10.5 Å². The first-order valence-corrected chi connectivity index (χ1v) is 6.10. The highest BCUT2D eigenvalue weighted by Gasteiger charge is 2.13. The molecule has 20 heavy (non-hydrogen) atoms. The van der Waals surface area contributed by atoms with E-state index in [0.717, 1.165) is 6.07 Å². The Balaban J connectivity index is 2.68. The fourth-order valence-electron chi connectivity index (χ4n) is 1.58. The van der Waals surface area contributed by atoms with E-state index in [0.29, 0.717) is 13.0 Å². The smallest absolute Gasteiger partial charge is 0.335 e. The van der Waals surface area contributed by atoms with Crippen LogP contribution in [-0.4, -0.2) is 42.0 Å². The average molecular weight is 282 g/mol. The second-order valence-electron chi connectivity index (χ2n) is 4.20. The van der Waals surface area contributed by atoms with Gasteiger partial charge < -0.3 is 25.6 Å². The zero-order valence-corrected chi connectivity index (χ0v) is 11.3. The molecule has 0 fully saturated rings. The Hall–Kier alpha value is -2.28. The molecule has 0 bridgehead atoms. The van der Waals surface area contributed by atoms with Crippen LogP contribution >= 0.6 is 0 Å². The van der Waals surface area contributed by atoms with Crippen LogP contribution < -0.4 is 10.6 Å². The Labute approximate surface area is 116 Å². The molecule has 7 nitrogen and oxygen atoms in total. The molecular formula is C13H18N2O5. The Morgan fingerprint density at radius 2 is 2.10 bits per heavy atom. The van der Waals surface area contributed by atoms with Gasteiger partial charge in [0, 0.05) is 7.11 Å². The van der Waals surface area contributed by atoms with Crippen molar-refractivity contribution in [2.24, 2.45) is 0 Å². The number of rotatable bonds is 6. The summed E-state index contributed by atoms with van der Waals surface area (Å²) in [4.78, 5) is 22.4. The number of urea groups is 1. The zero-order valence-electron chi connectivity index (χ0n) is 11.3. The summed E-state index contributed by atoms with van der Waals surface area (Å²) >= 11 is 0. The minimum absolute atomic E-state index is 0.0562. The highest BCUT2D eigenvalue weighted by atomic mass is 16.5. The fourth-order valence-corrected chi connectivity index (χ4v) is 1.58. The maximum atomic E-state index is 11.7. The third-order valence-corrected chi connectivity index (χ3v) is 2.69. The van der Waals surface area contributed by atoms with Gasteiger partial charge in [0.05, 0.1) is 23.9 Å². The third-order valence-electron chi connectivity index (χ3n) is 2.69. The summed E-state index contributed by atoms with van der Waals surface area (Å²) < 4.78 is 4.95. The lowest BCUT2D eigenvalue weighted by atomic mass is 10.2. The molecule has 7 heteroatoms. The maximum Gasteiger partial charge on any atom is 0.335 e. The molecule has 1 unspecified atom stereocenters. The number of carboxylic acid groups (broad SMARTS) is 1. The minimum Gasteiger partial charge on any atom is -0.506 e. The van der Waals surface area contributed by atoms with Crippen LogP contribution in [0.25, 0.3) is 0 Å². The highest BCUT2D eigenvalue weighted by Crippen LogP contribution is 2.24. The van der Waals surface area contributed by atoms with Crippen LogP contribution in [0, 0.1) is 0 Å². The molecule has 0 aliphatic rings. The van der Waals surface area contributed by atoms with E-state index in [-0.39, 0.29) is 23.0 Å². The van der Waals surface area contributed by atoms with E-state index in [1.54, 1.807) is 7.11 Å². The number of methoxy groups -OCH3 is 1. The Morgan fingerprint density at radius 3 is 2.60 bits per heavy atom. The lowest BCUT2D eigenvalue weighted by molar-refractivity contribution is 0.0696. The lowest BCUT2D eigenvalue weighted by Crippen LogP contribution is -2.40. The Bertz CT molecular complexity index is 490. The van der Waals surface area contributed by atoms with Crippen LogP contribution in [0.2, 0.25) is 0 Å². The molecule has 1 rings (SSSR count). The van der Waals surface area contributed by atoms with E-state index in [1.807, 2.05) is 6.92 Å². The highest BCUT2D eigenvalue weighted by molar-refractivity contribution is 5.93. The van der Waals surface area contributed by atoms with E-state index >= 15 is 0 Å². The largest absolute Gasteiger partial charge is 0.506 e. The van der Waals surface area contributed by atoms with Gasteiger partial charge in [0.25, 0.3) is 0 Å². The van der Waals surface area contributed by atoms with Crippen molar-refractivity contribution < 1.29 is 24.5 Å².